The summed E-state index contributed by atoms with van der Waals surface area (Å²) in [6.07, 6.45) is 1.40. The average Bonchev–Trinajstić information content (AvgIpc) is 2.69. The van der Waals surface area contributed by atoms with Crippen LogP contribution < -0.4 is 15.5 Å². The van der Waals surface area contributed by atoms with Crippen LogP contribution in [0.5, 0.6) is 0 Å². The van der Waals surface area contributed by atoms with Gasteiger partial charge < -0.3 is 25.2 Å². The Hall–Kier alpha value is -2.28. The molecule has 1 aliphatic rings. The molecule has 7 nitrogen and oxygen atoms in total. The Balaban J connectivity index is 1.71. The van der Waals surface area contributed by atoms with E-state index in [0.717, 1.165) is 37.3 Å². The van der Waals surface area contributed by atoms with Gasteiger partial charge in [0.2, 0.25) is 5.91 Å². The van der Waals surface area contributed by atoms with Gasteiger partial charge in [-0.15, -0.1) is 0 Å². The molecule has 1 heterocycles. The summed E-state index contributed by atoms with van der Waals surface area (Å²) in [5.74, 6) is -0.0570. The topological polar surface area (TPSA) is 73.9 Å². The van der Waals surface area contributed by atoms with Crippen LogP contribution >= 0.6 is 0 Å². The van der Waals surface area contributed by atoms with Crippen LogP contribution in [0.15, 0.2) is 24.3 Å². The zero-order chi connectivity index (χ0) is 19.6. The van der Waals surface area contributed by atoms with Gasteiger partial charge in [0, 0.05) is 43.6 Å². The number of nitrogens with one attached hydrogen (secondary N) is 2. The summed E-state index contributed by atoms with van der Waals surface area (Å²) >= 11 is 0. The molecule has 1 fully saturated rings. The molecular weight excluding hydrogens is 344 g/mol. The minimum atomic E-state index is -0.248. The predicted octanol–water partition coefficient (Wildman–Crippen LogP) is 2.68. The van der Waals surface area contributed by atoms with Crippen LogP contribution in [-0.2, 0) is 9.53 Å². The first-order chi connectivity index (χ1) is 13.1. The minimum Gasteiger partial charge on any atom is -0.450 e. The number of piperidine rings is 1. The van der Waals surface area contributed by atoms with Crippen molar-refractivity contribution < 1.29 is 14.3 Å². The molecular formula is C20H32N4O3. The maximum Gasteiger partial charge on any atom is 0.409 e. The van der Waals surface area contributed by atoms with E-state index in [1.165, 1.54) is 0 Å². The number of nitrogens with zero attached hydrogens (tertiary/aromatic N) is 2. The van der Waals surface area contributed by atoms with Crippen molar-refractivity contribution in [3.05, 3.63) is 24.3 Å². The summed E-state index contributed by atoms with van der Waals surface area (Å²) in [6, 6.07) is 8.17. The molecule has 1 aromatic rings. The van der Waals surface area contributed by atoms with Crippen LogP contribution in [0, 0.1) is 0 Å². The normalized spacial score (nSPS) is 14.7. The van der Waals surface area contributed by atoms with Crippen molar-refractivity contribution >= 4 is 23.4 Å². The second-order valence-corrected chi connectivity index (χ2v) is 6.61. The molecule has 7 heteroatoms. The third kappa shape index (κ3) is 6.43. The molecule has 0 radical (unpaired) electrons. The monoisotopic (exact) mass is 376 g/mol. The highest BCUT2D eigenvalue weighted by atomic mass is 16.6. The van der Waals surface area contributed by atoms with E-state index in [1.54, 1.807) is 4.90 Å². The quantitative estimate of drug-likeness (QED) is 0.730. The first-order valence-corrected chi connectivity index (χ1v) is 9.87. The second-order valence-electron chi connectivity index (χ2n) is 6.61. The molecule has 1 aliphatic heterocycles. The van der Waals surface area contributed by atoms with Gasteiger partial charge in [-0.2, -0.15) is 0 Å². The number of benzene rings is 1. The summed E-state index contributed by atoms with van der Waals surface area (Å²) in [5.41, 5.74) is 1.96. The maximum atomic E-state index is 12.2. The standard InChI is InChI=1S/C20H32N4O3/c1-4-23(5-2)18-9-7-17(8-10-18)22-19(25)15-21-16-11-13-24(14-12-16)20(26)27-6-3/h7-10,16,21H,4-6,11-15H2,1-3H3,(H,22,25). The summed E-state index contributed by atoms with van der Waals surface area (Å²) in [6.45, 7) is 9.96. The lowest BCUT2D eigenvalue weighted by molar-refractivity contribution is -0.115. The van der Waals surface area contributed by atoms with Crippen molar-refractivity contribution in [2.75, 3.05) is 49.5 Å². The highest BCUT2D eigenvalue weighted by Crippen LogP contribution is 2.17. The number of amides is 2. The van der Waals surface area contributed by atoms with Crippen LogP contribution in [0.2, 0.25) is 0 Å². The van der Waals surface area contributed by atoms with E-state index < -0.39 is 0 Å². The molecule has 2 N–H and O–H groups in total. The van der Waals surface area contributed by atoms with Crippen LogP contribution in [-0.4, -0.2) is 62.3 Å². The van der Waals surface area contributed by atoms with Crippen molar-refractivity contribution in [3.63, 3.8) is 0 Å². The van der Waals surface area contributed by atoms with Gasteiger partial charge in [-0.3, -0.25) is 4.79 Å². The number of anilines is 2. The molecule has 2 rings (SSSR count). The van der Waals surface area contributed by atoms with E-state index in [1.807, 2.05) is 31.2 Å². The zero-order valence-corrected chi connectivity index (χ0v) is 16.7. The lowest BCUT2D eigenvalue weighted by Crippen LogP contribution is -2.46. The highest BCUT2D eigenvalue weighted by Gasteiger charge is 2.23. The summed E-state index contributed by atoms with van der Waals surface area (Å²) in [4.78, 5) is 27.9. The Kier molecular flexibility index (Phi) is 8.39. The molecule has 0 aromatic heterocycles. The third-order valence-corrected chi connectivity index (χ3v) is 4.85. The van der Waals surface area contributed by atoms with Crippen molar-refractivity contribution in [2.24, 2.45) is 0 Å². The van der Waals surface area contributed by atoms with Crippen LogP contribution in [0.3, 0.4) is 0 Å². The zero-order valence-electron chi connectivity index (χ0n) is 16.7. The van der Waals surface area contributed by atoms with Gasteiger partial charge >= 0.3 is 6.09 Å². The van der Waals surface area contributed by atoms with E-state index in [2.05, 4.69) is 29.4 Å². The molecule has 27 heavy (non-hydrogen) atoms. The van der Waals surface area contributed by atoms with Gasteiger partial charge in [-0.1, -0.05) is 0 Å². The number of hydrogen-bond donors (Lipinski definition) is 2. The van der Waals surface area contributed by atoms with Crippen LogP contribution in [0.1, 0.15) is 33.6 Å². The minimum absolute atomic E-state index is 0.0570. The number of carbonyl (C=O) groups excluding carboxylic acids is 2. The van der Waals surface area contributed by atoms with Crippen molar-refractivity contribution in [1.29, 1.82) is 0 Å². The summed E-state index contributed by atoms with van der Waals surface area (Å²) in [7, 11) is 0. The number of carbonyl (C=O) groups is 2. The van der Waals surface area contributed by atoms with Crippen molar-refractivity contribution in [2.45, 2.75) is 39.7 Å². The number of ether oxygens (including phenoxy) is 1. The van der Waals surface area contributed by atoms with Crippen LogP contribution in [0.25, 0.3) is 0 Å². The highest BCUT2D eigenvalue weighted by molar-refractivity contribution is 5.92. The first-order valence-electron chi connectivity index (χ1n) is 9.87. The predicted molar refractivity (Wildman–Crippen MR) is 108 cm³/mol. The maximum absolute atomic E-state index is 12.2. The lowest BCUT2D eigenvalue weighted by atomic mass is 10.1. The molecule has 0 aliphatic carbocycles. The fraction of sp³-hybridized carbons (Fsp3) is 0.600. The molecule has 1 saturated heterocycles. The van der Waals surface area contributed by atoms with Crippen molar-refractivity contribution in [1.82, 2.24) is 10.2 Å². The van der Waals surface area contributed by atoms with Gasteiger partial charge in [0.25, 0.3) is 0 Å². The van der Waals surface area contributed by atoms with Gasteiger partial charge in [0.1, 0.15) is 0 Å². The van der Waals surface area contributed by atoms with Gasteiger partial charge in [0.05, 0.1) is 13.2 Å². The lowest BCUT2D eigenvalue weighted by Gasteiger charge is -2.31. The van der Waals surface area contributed by atoms with E-state index in [9.17, 15) is 9.59 Å². The van der Waals surface area contributed by atoms with E-state index >= 15 is 0 Å². The Morgan fingerprint density at radius 3 is 2.30 bits per heavy atom. The van der Waals surface area contributed by atoms with E-state index in [0.29, 0.717) is 19.7 Å². The summed E-state index contributed by atoms with van der Waals surface area (Å²) in [5, 5.41) is 6.20. The molecule has 0 spiro atoms. The molecule has 0 unspecified atom stereocenters. The largest absolute Gasteiger partial charge is 0.450 e. The van der Waals surface area contributed by atoms with Crippen molar-refractivity contribution in [3.8, 4) is 0 Å². The molecule has 2 amide bonds. The van der Waals surface area contributed by atoms with Gasteiger partial charge in [0.15, 0.2) is 0 Å². The molecule has 0 saturated carbocycles. The molecule has 1 aromatic carbocycles. The third-order valence-electron chi connectivity index (χ3n) is 4.85. The number of rotatable bonds is 8. The Morgan fingerprint density at radius 2 is 1.74 bits per heavy atom. The second kappa shape index (κ2) is 10.8. The van der Waals surface area contributed by atoms with Gasteiger partial charge in [-0.25, -0.2) is 4.79 Å². The summed E-state index contributed by atoms with van der Waals surface area (Å²) < 4.78 is 5.02. The smallest absolute Gasteiger partial charge is 0.409 e. The Bertz CT molecular complexity index is 594. The Morgan fingerprint density at radius 1 is 1.11 bits per heavy atom. The molecule has 0 atom stereocenters. The Labute approximate surface area is 162 Å². The fourth-order valence-corrected chi connectivity index (χ4v) is 3.27. The average molecular weight is 377 g/mol. The van der Waals surface area contributed by atoms with E-state index in [-0.39, 0.29) is 24.6 Å². The fourth-order valence-electron chi connectivity index (χ4n) is 3.27. The van der Waals surface area contributed by atoms with Crippen LogP contribution in [0.4, 0.5) is 16.2 Å². The molecule has 150 valence electrons. The number of hydrogen-bond acceptors (Lipinski definition) is 5. The molecule has 0 bridgehead atoms. The van der Waals surface area contributed by atoms with E-state index in [4.69, 9.17) is 4.74 Å². The SMILES string of the molecule is CCOC(=O)N1CCC(NCC(=O)Nc2ccc(N(CC)CC)cc2)CC1. The number of likely N-dealkylation sites (tertiary alicyclic amines) is 1. The van der Waals surface area contributed by atoms with Gasteiger partial charge in [-0.05, 0) is 57.9 Å². The first kappa shape index (κ1) is 21.0.